The molecular weight excluding hydrogens is 307 g/mol. The van der Waals surface area contributed by atoms with E-state index in [4.69, 9.17) is 13.6 Å². The first-order valence-corrected chi connectivity index (χ1v) is 7.30. The first kappa shape index (κ1) is 17.0. The quantitative estimate of drug-likeness (QED) is 0.405. The third-order valence-electron chi connectivity index (χ3n) is 2.13. The fourth-order valence-electron chi connectivity index (χ4n) is 1.37. The zero-order chi connectivity index (χ0) is 16.0. The molecular formula is C10H13N2O8P. The maximum absolute atomic E-state index is 12.2. The number of nitrogens with zero attached hydrogens (tertiary/aromatic N) is 2. The van der Waals surface area contributed by atoms with E-state index in [1.165, 1.54) is 0 Å². The number of phosphoric acid groups is 1. The minimum absolute atomic E-state index is 0.00193. The van der Waals surface area contributed by atoms with Crippen molar-refractivity contribution < 1.29 is 28.0 Å². The molecule has 0 unspecified atom stereocenters. The van der Waals surface area contributed by atoms with Crippen LogP contribution in [-0.2, 0) is 13.6 Å². The Morgan fingerprint density at radius 2 is 1.67 bits per heavy atom. The number of non-ortho nitro benzene ring substituents is 1. The van der Waals surface area contributed by atoms with Crippen LogP contribution in [0.2, 0.25) is 0 Å². The molecule has 0 N–H and O–H groups in total. The second kappa shape index (κ2) is 7.11. The first-order valence-electron chi connectivity index (χ1n) is 5.84. The Kier molecular flexibility index (Phi) is 5.77. The highest BCUT2D eigenvalue weighted by molar-refractivity contribution is 7.48. The normalized spacial score (nSPS) is 11.1. The van der Waals surface area contributed by atoms with Crippen LogP contribution in [0.1, 0.15) is 13.8 Å². The Morgan fingerprint density at radius 3 is 2.10 bits per heavy atom. The predicted octanol–water partition coefficient (Wildman–Crippen LogP) is 3.06. The van der Waals surface area contributed by atoms with Gasteiger partial charge in [-0.05, 0) is 19.9 Å². The molecule has 0 aliphatic rings. The molecule has 0 amide bonds. The van der Waals surface area contributed by atoms with Gasteiger partial charge in [0.15, 0.2) is 0 Å². The molecule has 1 aromatic carbocycles. The van der Waals surface area contributed by atoms with Gasteiger partial charge in [0, 0.05) is 6.07 Å². The average Bonchev–Trinajstić information content (AvgIpc) is 2.38. The van der Waals surface area contributed by atoms with Crippen LogP contribution in [-0.4, -0.2) is 23.1 Å². The van der Waals surface area contributed by atoms with Crippen molar-refractivity contribution in [2.45, 2.75) is 13.8 Å². The largest absolute Gasteiger partial charge is 0.530 e. The van der Waals surface area contributed by atoms with Crippen molar-refractivity contribution in [1.29, 1.82) is 0 Å². The fourth-order valence-corrected chi connectivity index (χ4v) is 2.57. The standard InChI is InChI=1S/C10H13N2O8P/c1-3-18-21(17,19-4-2)20-10-6-5-8(11(13)14)7-9(10)12(15)16/h5-7H,3-4H2,1-2H3. The lowest BCUT2D eigenvalue weighted by molar-refractivity contribution is -0.394. The molecule has 0 aliphatic heterocycles. The van der Waals surface area contributed by atoms with Crippen molar-refractivity contribution in [2.75, 3.05) is 13.2 Å². The van der Waals surface area contributed by atoms with Gasteiger partial charge in [-0.2, -0.15) is 0 Å². The van der Waals surface area contributed by atoms with Gasteiger partial charge in [0.1, 0.15) is 0 Å². The molecule has 0 atom stereocenters. The van der Waals surface area contributed by atoms with Crippen LogP contribution < -0.4 is 4.52 Å². The van der Waals surface area contributed by atoms with Gasteiger partial charge >= 0.3 is 13.5 Å². The van der Waals surface area contributed by atoms with Crippen LogP contribution in [0.15, 0.2) is 18.2 Å². The van der Waals surface area contributed by atoms with Crippen molar-refractivity contribution in [3.05, 3.63) is 38.4 Å². The second-order valence-corrected chi connectivity index (χ2v) is 5.13. The van der Waals surface area contributed by atoms with Gasteiger partial charge in [-0.3, -0.25) is 29.3 Å². The van der Waals surface area contributed by atoms with E-state index in [0.29, 0.717) is 6.07 Å². The Bertz CT molecular complexity index is 580. The molecule has 0 spiro atoms. The van der Waals surface area contributed by atoms with E-state index in [9.17, 15) is 24.8 Å². The Morgan fingerprint density at radius 1 is 1.10 bits per heavy atom. The third kappa shape index (κ3) is 4.48. The van der Waals surface area contributed by atoms with E-state index < -0.39 is 34.8 Å². The van der Waals surface area contributed by atoms with E-state index in [-0.39, 0.29) is 13.2 Å². The number of hydrogen-bond acceptors (Lipinski definition) is 8. The van der Waals surface area contributed by atoms with Crippen LogP contribution in [0.3, 0.4) is 0 Å². The van der Waals surface area contributed by atoms with Gasteiger partial charge in [-0.1, -0.05) is 0 Å². The summed E-state index contributed by atoms with van der Waals surface area (Å²) in [7, 11) is -4.02. The monoisotopic (exact) mass is 320 g/mol. The number of hydrogen-bond donors (Lipinski definition) is 0. The lowest BCUT2D eigenvalue weighted by Crippen LogP contribution is -2.04. The highest BCUT2D eigenvalue weighted by Crippen LogP contribution is 2.51. The molecule has 0 saturated carbocycles. The summed E-state index contributed by atoms with van der Waals surface area (Å²) in [5.41, 5.74) is -1.19. The maximum atomic E-state index is 12.2. The van der Waals surface area contributed by atoms with Crippen LogP contribution in [0, 0.1) is 20.2 Å². The van der Waals surface area contributed by atoms with E-state index in [2.05, 4.69) is 0 Å². The molecule has 1 aromatic rings. The fraction of sp³-hybridized carbons (Fsp3) is 0.400. The van der Waals surface area contributed by atoms with E-state index in [0.717, 1.165) is 12.1 Å². The summed E-state index contributed by atoms with van der Waals surface area (Å²) >= 11 is 0. The number of benzene rings is 1. The highest BCUT2D eigenvalue weighted by Gasteiger charge is 2.32. The number of rotatable bonds is 8. The van der Waals surface area contributed by atoms with E-state index in [1.807, 2.05) is 0 Å². The predicted molar refractivity (Wildman–Crippen MR) is 71.2 cm³/mol. The lowest BCUT2D eigenvalue weighted by Gasteiger charge is -2.16. The number of phosphoric ester groups is 1. The van der Waals surface area contributed by atoms with E-state index in [1.54, 1.807) is 13.8 Å². The summed E-state index contributed by atoms with van der Waals surface area (Å²) in [5, 5.41) is 21.5. The molecule has 116 valence electrons. The highest BCUT2D eigenvalue weighted by atomic mass is 31.2. The van der Waals surface area contributed by atoms with Crippen molar-refractivity contribution in [3.63, 3.8) is 0 Å². The van der Waals surface area contributed by atoms with Gasteiger partial charge < -0.3 is 4.52 Å². The summed E-state index contributed by atoms with van der Waals surface area (Å²) in [6.45, 7) is 3.08. The Balaban J connectivity index is 3.20. The van der Waals surface area contributed by atoms with Crippen LogP contribution in [0.25, 0.3) is 0 Å². The molecule has 11 heteroatoms. The number of nitro benzene ring substituents is 2. The smallest absolute Gasteiger partial charge is 0.397 e. The van der Waals surface area contributed by atoms with Crippen molar-refractivity contribution in [2.24, 2.45) is 0 Å². The topological polar surface area (TPSA) is 131 Å². The van der Waals surface area contributed by atoms with E-state index >= 15 is 0 Å². The summed E-state index contributed by atoms with van der Waals surface area (Å²) in [6, 6.07) is 2.67. The summed E-state index contributed by atoms with van der Waals surface area (Å²) in [5.74, 6) is -0.434. The van der Waals surface area contributed by atoms with Gasteiger partial charge in [-0.15, -0.1) is 0 Å². The SMILES string of the molecule is CCOP(=O)(OCC)Oc1ccc([N+](=O)[O-])cc1[N+](=O)[O-]. The van der Waals surface area contributed by atoms with Crippen molar-refractivity contribution in [1.82, 2.24) is 0 Å². The minimum Gasteiger partial charge on any atom is -0.397 e. The van der Waals surface area contributed by atoms with Crippen molar-refractivity contribution in [3.8, 4) is 5.75 Å². The van der Waals surface area contributed by atoms with Gasteiger partial charge in [0.05, 0.1) is 29.1 Å². The molecule has 21 heavy (non-hydrogen) atoms. The Hall–Kier alpha value is -2.03. The van der Waals surface area contributed by atoms with Crippen LogP contribution in [0.5, 0.6) is 5.75 Å². The van der Waals surface area contributed by atoms with Crippen LogP contribution in [0.4, 0.5) is 11.4 Å². The molecule has 0 fully saturated rings. The molecule has 0 aromatic heterocycles. The zero-order valence-corrected chi connectivity index (χ0v) is 12.1. The molecule has 0 radical (unpaired) electrons. The number of nitro groups is 2. The second-order valence-electron chi connectivity index (χ2n) is 3.54. The molecule has 0 aliphatic carbocycles. The zero-order valence-electron chi connectivity index (χ0n) is 11.3. The molecule has 1 rings (SSSR count). The molecule has 0 saturated heterocycles. The average molecular weight is 320 g/mol. The van der Waals surface area contributed by atoms with Gasteiger partial charge in [-0.25, -0.2) is 4.57 Å². The summed E-state index contributed by atoms with van der Waals surface area (Å²) in [6.07, 6.45) is 0. The molecule has 0 heterocycles. The molecule has 10 nitrogen and oxygen atoms in total. The lowest BCUT2D eigenvalue weighted by atomic mass is 10.2. The van der Waals surface area contributed by atoms with Gasteiger partial charge in [0.2, 0.25) is 5.75 Å². The maximum Gasteiger partial charge on any atom is 0.530 e. The minimum atomic E-state index is -4.02. The van der Waals surface area contributed by atoms with Crippen LogP contribution >= 0.6 is 7.82 Å². The van der Waals surface area contributed by atoms with Gasteiger partial charge in [0.25, 0.3) is 5.69 Å². The third-order valence-corrected chi connectivity index (χ3v) is 3.70. The Labute approximate surface area is 119 Å². The molecule has 0 bridgehead atoms. The summed E-state index contributed by atoms with van der Waals surface area (Å²) < 4.78 is 26.8. The summed E-state index contributed by atoms with van der Waals surface area (Å²) in [4.78, 5) is 19.9. The first-order chi connectivity index (χ1) is 9.83. The van der Waals surface area contributed by atoms with Crippen molar-refractivity contribution >= 4 is 19.2 Å².